The molecule has 78 valence electrons. The van der Waals surface area contributed by atoms with Crippen LogP contribution in [0.2, 0.25) is 0 Å². The second-order valence-corrected chi connectivity index (χ2v) is 3.03. The highest BCUT2D eigenvalue weighted by molar-refractivity contribution is 4.92. The van der Waals surface area contributed by atoms with Crippen molar-refractivity contribution in [1.29, 1.82) is 0 Å². The Morgan fingerprint density at radius 1 is 1.62 bits per heavy atom. The fraction of sp³-hybridized carbons (Fsp3) is 1.00. The average molecular weight is 194 g/mol. The van der Waals surface area contributed by atoms with Gasteiger partial charge in [-0.05, 0) is 0 Å². The van der Waals surface area contributed by atoms with Crippen molar-refractivity contribution in [1.82, 2.24) is 0 Å². The van der Waals surface area contributed by atoms with Crippen molar-refractivity contribution in [2.24, 2.45) is 11.5 Å². The molecular formula is C7H15FN2O3. The maximum atomic E-state index is 13.2. The molecule has 1 heterocycles. The van der Waals surface area contributed by atoms with E-state index >= 15 is 0 Å². The van der Waals surface area contributed by atoms with Gasteiger partial charge < -0.3 is 26.0 Å². The lowest BCUT2D eigenvalue weighted by Gasteiger charge is -2.38. The Hall–Kier alpha value is -0.270. The number of alkyl halides is 1. The van der Waals surface area contributed by atoms with E-state index in [1.54, 1.807) is 0 Å². The average Bonchev–Trinajstić information content (AvgIpc) is 2.15. The number of aliphatic hydroxyl groups excluding tert-OH is 1. The number of hydrogen-bond acceptors (Lipinski definition) is 5. The van der Waals surface area contributed by atoms with E-state index in [-0.39, 0.29) is 6.54 Å². The monoisotopic (exact) mass is 194 g/mol. The maximum Gasteiger partial charge on any atom is 0.175 e. The van der Waals surface area contributed by atoms with Crippen LogP contribution in [0.4, 0.5) is 4.39 Å². The van der Waals surface area contributed by atoms with Gasteiger partial charge in [0.1, 0.15) is 12.2 Å². The maximum absolute atomic E-state index is 13.2. The molecule has 5 nitrogen and oxygen atoms in total. The highest BCUT2D eigenvalue weighted by Gasteiger charge is 2.43. The molecular weight excluding hydrogens is 179 g/mol. The summed E-state index contributed by atoms with van der Waals surface area (Å²) in [6, 6.07) is -0.872. The van der Waals surface area contributed by atoms with Gasteiger partial charge in [0.15, 0.2) is 12.5 Å². The normalized spacial score (nSPS) is 46.4. The summed E-state index contributed by atoms with van der Waals surface area (Å²) in [5, 5.41) is 9.33. The van der Waals surface area contributed by atoms with Crippen molar-refractivity contribution < 1.29 is 19.0 Å². The molecule has 0 aromatic carbocycles. The molecule has 5 atom stereocenters. The third-order valence-electron chi connectivity index (χ3n) is 2.16. The predicted molar refractivity (Wildman–Crippen MR) is 43.6 cm³/mol. The van der Waals surface area contributed by atoms with Crippen molar-refractivity contribution in [2.75, 3.05) is 13.7 Å². The predicted octanol–water partition coefficient (Wildman–Crippen LogP) is -1.66. The van der Waals surface area contributed by atoms with E-state index in [1.165, 1.54) is 7.11 Å². The van der Waals surface area contributed by atoms with Gasteiger partial charge in [-0.3, -0.25) is 0 Å². The van der Waals surface area contributed by atoms with Crippen LogP contribution in [-0.2, 0) is 9.47 Å². The number of hydrogen-bond donors (Lipinski definition) is 3. The summed E-state index contributed by atoms with van der Waals surface area (Å²) in [4.78, 5) is 0. The minimum atomic E-state index is -1.55. The van der Waals surface area contributed by atoms with Gasteiger partial charge in [-0.15, -0.1) is 0 Å². The summed E-state index contributed by atoms with van der Waals surface area (Å²) in [5.74, 6) is 0. The van der Waals surface area contributed by atoms with Crippen LogP contribution in [0.5, 0.6) is 0 Å². The fourth-order valence-electron chi connectivity index (χ4n) is 1.33. The van der Waals surface area contributed by atoms with Crippen molar-refractivity contribution in [3.05, 3.63) is 0 Å². The highest BCUT2D eigenvalue weighted by Crippen LogP contribution is 2.21. The van der Waals surface area contributed by atoms with Gasteiger partial charge in [-0.1, -0.05) is 0 Å². The summed E-state index contributed by atoms with van der Waals surface area (Å²) < 4.78 is 23.1. The number of rotatable bonds is 2. The first kappa shape index (κ1) is 10.8. The van der Waals surface area contributed by atoms with Gasteiger partial charge >= 0.3 is 0 Å². The van der Waals surface area contributed by atoms with Gasteiger partial charge in [0, 0.05) is 13.7 Å². The quantitative estimate of drug-likeness (QED) is 0.489. The molecule has 6 heteroatoms. The molecule has 0 aromatic rings. The lowest BCUT2D eigenvalue weighted by atomic mass is 9.99. The summed E-state index contributed by atoms with van der Waals surface area (Å²) in [6.45, 7) is -0.00912. The van der Waals surface area contributed by atoms with Crippen LogP contribution in [0.1, 0.15) is 0 Å². The molecule has 0 aromatic heterocycles. The van der Waals surface area contributed by atoms with Crippen LogP contribution in [0.3, 0.4) is 0 Å². The zero-order valence-corrected chi connectivity index (χ0v) is 7.39. The molecule has 1 rings (SSSR count). The van der Waals surface area contributed by atoms with Crippen LogP contribution in [0, 0.1) is 0 Å². The van der Waals surface area contributed by atoms with Gasteiger partial charge in [-0.25, -0.2) is 4.39 Å². The number of methoxy groups -OCH3 is 1. The van der Waals surface area contributed by atoms with Gasteiger partial charge in [0.25, 0.3) is 0 Å². The smallest absolute Gasteiger partial charge is 0.175 e. The third-order valence-corrected chi connectivity index (χ3v) is 2.16. The van der Waals surface area contributed by atoms with E-state index in [0.29, 0.717) is 0 Å². The first-order valence-electron chi connectivity index (χ1n) is 4.07. The van der Waals surface area contributed by atoms with Crippen LogP contribution < -0.4 is 11.5 Å². The molecule has 1 saturated heterocycles. The Labute approximate surface area is 75.8 Å². The van der Waals surface area contributed by atoms with Crippen molar-refractivity contribution in [3.63, 3.8) is 0 Å². The molecule has 0 amide bonds. The molecule has 4 unspecified atom stereocenters. The van der Waals surface area contributed by atoms with E-state index in [1.807, 2.05) is 0 Å². The Morgan fingerprint density at radius 2 is 2.23 bits per heavy atom. The molecule has 13 heavy (non-hydrogen) atoms. The minimum absolute atomic E-state index is 0.00912. The van der Waals surface area contributed by atoms with E-state index in [9.17, 15) is 9.50 Å². The van der Waals surface area contributed by atoms with Gasteiger partial charge in [-0.2, -0.15) is 0 Å². The minimum Gasteiger partial charge on any atom is -0.388 e. The lowest BCUT2D eigenvalue weighted by molar-refractivity contribution is -0.235. The highest BCUT2D eigenvalue weighted by atomic mass is 19.1. The van der Waals surface area contributed by atoms with Crippen molar-refractivity contribution >= 4 is 0 Å². The fourth-order valence-corrected chi connectivity index (χ4v) is 1.33. The van der Waals surface area contributed by atoms with Crippen molar-refractivity contribution in [2.45, 2.75) is 30.7 Å². The zero-order chi connectivity index (χ0) is 10.0. The first-order chi connectivity index (χ1) is 6.11. The Bertz CT molecular complexity index is 152. The number of aliphatic hydroxyl groups is 1. The second-order valence-electron chi connectivity index (χ2n) is 3.03. The Kier molecular flexibility index (Phi) is 3.57. The topological polar surface area (TPSA) is 90.7 Å². The molecule has 1 fully saturated rings. The summed E-state index contributed by atoms with van der Waals surface area (Å²) in [7, 11) is 1.38. The number of ether oxygens (including phenoxy) is 2. The van der Waals surface area contributed by atoms with E-state index < -0.39 is 30.7 Å². The largest absolute Gasteiger partial charge is 0.388 e. The molecule has 1 aliphatic rings. The van der Waals surface area contributed by atoms with Gasteiger partial charge in [0.2, 0.25) is 0 Å². The molecule has 0 aliphatic carbocycles. The molecule has 0 spiro atoms. The molecule has 5 N–H and O–H groups in total. The zero-order valence-electron chi connectivity index (χ0n) is 7.39. The summed E-state index contributed by atoms with van der Waals surface area (Å²) >= 11 is 0. The molecule has 0 radical (unpaired) electrons. The summed E-state index contributed by atoms with van der Waals surface area (Å²) in [5.41, 5.74) is 10.7. The van der Waals surface area contributed by atoms with E-state index in [0.717, 1.165) is 0 Å². The van der Waals surface area contributed by atoms with Crippen molar-refractivity contribution in [3.8, 4) is 0 Å². The van der Waals surface area contributed by atoms with E-state index in [4.69, 9.17) is 20.9 Å². The molecule has 1 aliphatic heterocycles. The lowest BCUT2D eigenvalue weighted by Crippen LogP contribution is -2.61. The Balaban J connectivity index is 2.66. The van der Waals surface area contributed by atoms with Gasteiger partial charge in [0.05, 0.1) is 6.04 Å². The Morgan fingerprint density at radius 3 is 2.69 bits per heavy atom. The standard InChI is InChI=1S/C7H15FN2O3/c1-12-7-5(10)6(11)4(8)3(2-9)13-7/h3-7,11H,2,9-10H2,1H3/t3?,4?,5?,6?,7-/m0/s1. The number of halogens is 1. The number of nitrogens with two attached hydrogens (primary N) is 2. The SMILES string of the molecule is CO[C@H]1OC(CN)C(F)C(O)C1N. The third kappa shape index (κ3) is 1.97. The molecule has 0 saturated carbocycles. The summed E-state index contributed by atoms with van der Waals surface area (Å²) in [6.07, 6.45) is -4.48. The van der Waals surface area contributed by atoms with E-state index in [2.05, 4.69) is 0 Å². The van der Waals surface area contributed by atoms with Crippen LogP contribution in [-0.4, -0.2) is 49.5 Å². The van der Waals surface area contributed by atoms with Crippen LogP contribution in [0.25, 0.3) is 0 Å². The second kappa shape index (κ2) is 4.30. The molecule has 0 bridgehead atoms. The van der Waals surface area contributed by atoms with Crippen LogP contribution in [0.15, 0.2) is 0 Å². The first-order valence-corrected chi connectivity index (χ1v) is 4.07. The van der Waals surface area contributed by atoms with Crippen LogP contribution >= 0.6 is 0 Å².